The molecule has 0 spiro atoms. The molecule has 0 saturated heterocycles. The SMILES string of the molecule is CSC(=Nc1ccc(I)cc1F)NC#N. The van der Waals surface area contributed by atoms with Gasteiger partial charge < -0.3 is 0 Å². The minimum absolute atomic E-state index is 0.225. The monoisotopic (exact) mass is 335 g/mol. The molecule has 0 aromatic heterocycles. The van der Waals surface area contributed by atoms with Gasteiger partial charge in [-0.05, 0) is 47.0 Å². The van der Waals surface area contributed by atoms with Gasteiger partial charge in [-0.1, -0.05) is 11.8 Å². The highest BCUT2D eigenvalue weighted by molar-refractivity contribution is 14.1. The summed E-state index contributed by atoms with van der Waals surface area (Å²) >= 11 is 3.27. The number of halogens is 2. The summed E-state index contributed by atoms with van der Waals surface area (Å²) in [7, 11) is 0. The molecule has 15 heavy (non-hydrogen) atoms. The number of hydrogen-bond acceptors (Lipinski definition) is 3. The van der Waals surface area contributed by atoms with Crippen LogP contribution in [0.4, 0.5) is 10.1 Å². The van der Waals surface area contributed by atoms with Gasteiger partial charge in [-0.15, -0.1) is 0 Å². The largest absolute Gasteiger partial charge is 0.271 e. The van der Waals surface area contributed by atoms with E-state index in [1.807, 2.05) is 22.6 Å². The van der Waals surface area contributed by atoms with Crippen LogP contribution in [-0.4, -0.2) is 11.4 Å². The quantitative estimate of drug-likeness (QED) is 0.282. The van der Waals surface area contributed by atoms with Crippen molar-refractivity contribution < 1.29 is 4.39 Å². The van der Waals surface area contributed by atoms with Gasteiger partial charge in [-0.2, -0.15) is 5.26 Å². The van der Waals surface area contributed by atoms with Gasteiger partial charge in [0.1, 0.15) is 11.5 Å². The number of rotatable bonds is 1. The highest BCUT2D eigenvalue weighted by Gasteiger charge is 2.03. The zero-order valence-corrected chi connectivity index (χ0v) is 10.8. The molecule has 6 heteroatoms. The lowest BCUT2D eigenvalue weighted by Gasteiger charge is -2.01. The summed E-state index contributed by atoms with van der Waals surface area (Å²) in [5.74, 6) is -0.395. The third-order valence-electron chi connectivity index (χ3n) is 1.49. The first-order valence-electron chi connectivity index (χ1n) is 3.90. The molecule has 0 fully saturated rings. The molecule has 0 atom stereocenters. The molecule has 0 amide bonds. The van der Waals surface area contributed by atoms with Gasteiger partial charge in [0, 0.05) is 3.57 Å². The Morgan fingerprint density at radius 3 is 2.93 bits per heavy atom. The predicted molar refractivity (Wildman–Crippen MR) is 68.5 cm³/mol. The lowest BCUT2D eigenvalue weighted by Crippen LogP contribution is -2.12. The fraction of sp³-hybridized carbons (Fsp3) is 0.111. The Balaban J connectivity index is 3.01. The van der Waals surface area contributed by atoms with Crippen LogP contribution in [0.15, 0.2) is 23.2 Å². The van der Waals surface area contributed by atoms with E-state index in [0.717, 1.165) is 3.57 Å². The number of amidine groups is 1. The van der Waals surface area contributed by atoms with Crippen LogP contribution >= 0.6 is 34.4 Å². The minimum Gasteiger partial charge on any atom is -0.271 e. The van der Waals surface area contributed by atoms with Crippen LogP contribution in [0.25, 0.3) is 0 Å². The summed E-state index contributed by atoms with van der Waals surface area (Å²) in [6.45, 7) is 0. The van der Waals surface area contributed by atoms with E-state index in [4.69, 9.17) is 5.26 Å². The number of nitrogens with one attached hydrogen (secondary N) is 1. The van der Waals surface area contributed by atoms with E-state index in [9.17, 15) is 4.39 Å². The minimum atomic E-state index is -0.395. The summed E-state index contributed by atoms with van der Waals surface area (Å²) in [5, 5.41) is 11.2. The van der Waals surface area contributed by atoms with Crippen LogP contribution in [0.5, 0.6) is 0 Å². The Morgan fingerprint density at radius 1 is 1.67 bits per heavy atom. The molecule has 1 N–H and O–H groups in total. The number of thioether (sulfide) groups is 1. The first-order chi connectivity index (χ1) is 7.17. The Kier molecular flexibility index (Phi) is 4.84. The fourth-order valence-corrected chi connectivity index (χ4v) is 1.64. The van der Waals surface area contributed by atoms with Gasteiger partial charge in [-0.25, -0.2) is 9.38 Å². The number of aliphatic imine (C=N–C) groups is 1. The van der Waals surface area contributed by atoms with E-state index >= 15 is 0 Å². The van der Waals surface area contributed by atoms with Crippen LogP contribution in [0.2, 0.25) is 0 Å². The molecule has 1 rings (SSSR count). The molecule has 0 heterocycles. The summed E-state index contributed by atoms with van der Waals surface area (Å²) in [6, 6.07) is 4.73. The fourth-order valence-electron chi connectivity index (χ4n) is 0.854. The molecular formula is C9H7FIN3S. The Morgan fingerprint density at radius 2 is 2.40 bits per heavy atom. The molecule has 0 unspecified atom stereocenters. The maximum absolute atomic E-state index is 13.4. The average Bonchev–Trinajstić information content (AvgIpc) is 2.21. The molecule has 78 valence electrons. The highest BCUT2D eigenvalue weighted by atomic mass is 127. The Bertz CT molecular complexity index is 428. The van der Waals surface area contributed by atoms with E-state index < -0.39 is 5.82 Å². The summed E-state index contributed by atoms with van der Waals surface area (Å²) in [5.41, 5.74) is 0.225. The van der Waals surface area contributed by atoms with E-state index in [0.29, 0.717) is 5.17 Å². The first-order valence-corrected chi connectivity index (χ1v) is 6.20. The van der Waals surface area contributed by atoms with Gasteiger partial charge in [0.05, 0.1) is 0 Å². The second-order valence-electron chi connectivity index (χ2n) is 2.45. The van der Waals surface area contributed by atoms with E-state index in [1.165, 1.54) is 17.8 Å². The van der Waals surface area contributed by atoms with Crippen molar-refractivity contribution in [2.24, 2.45) is 4.99 Å². The van der Waals surface area contributed by atoms with Crippen molar-refractivity contribution in [1.29, 1.82) is 5.26 Å². The number of benzene rings is 1. The molecule has 0 aliphatic heterocycles. The van der Waals surface area contributed by atoms with Crippen molar-refractivity contribution in [1.82, 2.24) is 5.32 Å². The van der Waals surface area contributed by atoms with Crippen LogP contribution in [0.3, 0.4) is 0 Å². The normalized spacial score (nSPS) is 10.9. The molecule has 0 aliphatic carbocycles. The molecule has 0 radical (unpaired) electrons. The van der Waals surface area contributed by atoms with Gasteiger partial charge in [-0.3, -0.25) is 5.32 Å². The van der Waals surface area contributed by atoms with Crippen molar-refractivity contribution in [3.8, 4) is 6.19 Å². The van der Waals surface area contributed by atoms with Gasteiger partial charge in [0.2, 0.25) is 0 Å². The third-order valence-corrected chi connectivity index (χ3v) is 2.74. The van der Waals surface area contributed by atoms with E-state index in [1.54, 1.807) is 24.6 Å². The zero-order chi connectivity index (χ0) is 11.3. The topological polar surface area (TPSA) is 48.2 Å². The Labute approximate surface area is 105 Å². The standard InChI is InChI=1S/C9H7FIN3S/c1-15-9(13-5-12)14-8-3-2-6(11)4-7(8)10/h2-4H,1H3,(H,13,14). The van der Waals surface area contributed by atoms with Gasteiger partial charge in [0.25, 0.3) is 0 Å². The maximum atomic E-state index is 13.4. The number of nitrogens with zero attached hydrogens (tertiary/aromatic N) is 2. The maximum Gasteiger partial charge on any atom is 0.183 e. The van der Waals surface area contributed by atoms with Gasteiger partial charge >= 0.3 is 0 Å². The summed E-state index contributed by atoms with van der Waals surface area (Å²) in [4.78, 5) is 3.98. The van der Waals surface area contributed by atoms with Crippen molar-refractivity contribution in [3.05, 3.63) is 27.6 Å². The molecular weight excluding hydrogens is 328 g/mol. The second kappa shape index (κ2) is 5.92. The van der Waals surface area contributed by atoms with Gasteiger partial charge in [0.15, 0.2) is 11.4 Å². The lowest BCUT2D eigenvalue weighted by atomic mass is 10.3. The van der Waals surface area contributed by atoms with Crippen molar-refractivity contribution in [2.75, 3.05) is 6.26 Å². The van der Waals surface area contributed by atoms with Crippen LogP contribution < -0.4 is 5.32 Å². The average molecular weight is 335 g/mol. The molecule has 0 saturated carbocycles. The van der Waals surface area contributed by atoms with Crippen molar-refractivity contribution in [3.63, 3.8) is 0 Å². The molecule has 0 bridgehead atoms. The second-order valence-corrected chi connectivity index (χ2v) is 4.49. The van der Waals surface area contributed by atoms with Crippen LogP contribution in [0, 0.1) is 20.8 Å². The van der Waals surface area contributed by atoms with Crippen LogP contribution in [-0.2, 0) is 0 Å². The number of nitriles is 1. The molecule has 1 aromatic carbocycles. The predicted octanol–water partition coefficient (Wildman–Crippen LogP) is 2.85. The summed E-state index contributed by atoms with van der Waals surface area (Å²) in [6.07, 6.45) is 3.50. The molecule has 0 aliphatic rings. The number of hydrogen-bond donors (Lipinski definition) is 1. The Hall–Kier alpha value is -0.810. The highest BCUT2D eigenvalue weighted by Crippen LogP contribution is 2.20. The molecule has 1 aromatic rings. The van der Waals surface area contributed by atoms with Crippen molar-refractivity contribution in [2.45, 2.75) is 0 Å². The lowest BCUT2D eigenvalue weighted by molar-refractivity contribution is 0.629. The summed E-state index contributed by atoms with van der Waals surface area (Å²) < 4.78 is 14.2. The van der Waals surface area contributed by atoms with E-state index in [-0.39, 0.29) is 5.69 Å². The first kappa shape index (κ1) is 12.3. The van der Waals surface area contributed by atoms with Crippen LogP contribution in [0.1, 0.15) is 0 Å². The smallest absolute Gasteiger partial charge is 0.183 e. The molecule has 3 nitrogen and oxygen atoms in total. The van der Waals surface area contributed by atoms with E-state index in [2.05, 4.69) is 10.3 Å². The third kappa shape index (κ3) is 3.68. The van der Waals surface area contributed by atoms with Crippen molar-refractivity contribution >= 4 is 45.2 Å². The zero-order valence-electron chi connectivity index (χ0n) is 7.79.